The summed E-state index contributed by atoms with van der Waals surface area (Å²) in [6, 6.07) is 14.2. The fourth-order valence-corrected chi connectivity index (χ4v) is 3.85. The average Bonchev–Trinajstić information content (AvgIpc) is 2.69. The lowest BCUT2D eigenvalue weighted by atomic mass is 9.89. The van der Waals surface area contributed by atoms with Crippen LogP contribution >= 0.6 is 0 Å². The van der Waals surface area contributed by atoms with Gasteiger partial charge in [-0.1, -0.05) is 35.9 Å². The maximum atomic E-state index is 12.4. The van der Waals surface area contributed by atoms with E-state index in [2.05, 4.69) is 28.8 Å². The highest BCUT2D eigenvalue weighted by atomic mass is 16.2. The molecule has 0 aromatic heterocycles. The van der Waals surface area contributed by atoms with Crippen LogP contribution in [0, 0.1) is 6.92 Å². The molecule has 3 rings (SSSR count). The zero-order chi connectivity index (χ0) is 20.8. The van der Waals surface area contributed by atoms with Crippen molar-refractivity contribution in [3.05, 3.63) is 64.7 Å². The van der Waals surface area contributed by atoms with E-state index in [9.17, 15) is 9.59 Å². The van der Waals surface area contributed by atoms with Crippen molar-refractivity contribution in [1.82, 2.24) is 5.32 Å². The van der Waals surface area contributed by atoms with Crippen molar-refractivity contribution < 1.29 is 14.5 Å². The maximum Gasteiger partial charge on any atom is 0.279 e. The van der Waals surface area contributed by atoms with Crippen LogP contribution in [0.3, 0.4) is 0 Å². The summed E-state index contributed by atoms with van der Waals surface area (Å²) in [5.74, 6) is -0.141. The Hall–Kier alpha value is -2.66. The van der Waals surface area contributed by atoms with Gasteiger partial charge in [-0.25, -0.2) is 0 Å². The number of hydrogen-bond donors (Lipinski definition) is 3. The van der Waals surface area contributed by atoms with E-state index in [0.29, 0.717) is 0 Å². The summed E-state index contributed by atoms with van der Waals surface area (Å²) in [4.78, 5) is 25.5. The van der Waals surface area contributed by atoms with E-state index >= 15 is 0 Å². The summed E-state index contributed by atoms with van der Waals surface area (Å²) in [7, 11) is 1.86. The molecule has 0 fully saturated rings. The minimum Gasteiger partial charge on any atom is -0.345 e. The number of nitrogens with one attached hydrogen (secondary N) is 3. The SMILES string of the molecule is Cc1ccc(NC(=O)C[NH+](C)CC(=O)N[C@@H](C)c2ccc3c(c2)CCCC3)cc1. The quantitative estimate of drug-likeness (QED) is 0.674. The van der Waals surface area contributed by atoms with Crippen LogP contribution in [0.1, 0.15) is 48.1 Å². The lowest BCUT2D eigenvalue weighted by molar-refractivity contribution is -0.862. The molecule has 3 N–H and O–H groups in total. The summed E-state index contributed by atoms with van der Waals surface area (Å²) in [5.41, 5.74) is 5.94. The van der Waals surface area contributed by atoms with Gasteiger partial charge in [-0.15, -0.1) is 0 Å². The van der Waals surface area contributed by atoms with Gasteiger partial charge in [0, 0.05) is 5.69 Å². The van der Waals surface area contributed by atoms with E-state index < -0.39 is 0 Å². The number of anilines is 1. The molecule has 0 spiro atoms. The van der Waals surface area contributed by atoms with Gasteiger partial charge in [0.25, 0.3) is 11.8 Å². The van der Waals surface area contributed by atoms with Crippen LogP contribution in [0.25, 0.3) is 0 Å². The molecule has 5 heteroatoms. The van der Waals surface area contributed by atoms with Crippen molar-refractivity contribution in [1.29, 1.82) is 0 Å². The Balaban J connectivity index is 1.46. The van der Waals surface area contributed by atoms with Crippen LogP contribution in [0.5, 0.6) is 0 Å². The van der Waals surface area contributed by atoms with E-state index in [1.165, 1.54) is 24.0 Å². The van der Waals surface area contributed by atoms with Crippen molar-refractivity contribution >= 4 is 17.5 Å². The van der Waals surface area contributed by atoms with E-state index in [4.69, 9.17) is 0 Å². The van der Waals surface area contributed by atoms with Gasteiger partial charge in [0.15, 0.2) is 13.1 Å². The minimum atomic E-state index is -0.0955. The normalized spacial score (nSPS) is 15.1. The molecule has 2 aromatic rings. The number of hydrogen-bond acceptors (Lipinski definition) is 2. The highest BCUT2D eigenvalue weighted by molar-refractivity contribution is 5.91. The van der Waals surface area contributed by atoms with Crippen molar-refractivity contribution in [3.63, 3.8) is 0 Å². The topological polar surface area (TPSA) is 62.6 Å². The van der Waals surface area contributed by atoms with E-state index in [1.54, 1.807) is 0 Å². The largest absolute Gasteiger partial charge is 0.345 e. The van der Waals surface area contributed by atoms with Gasteiger partial charge < -0.3 is 15.5 Å². The predicted octanol–water partition coefficient (Wildman–Crippen LogP) is 2.20. The first kappa shape index (κ1) is 21.1. The predicted molar refractivity (Wildman–Crippen MR) is 116 cm³/mol. The van der Waals surface area contributed by atoms with Gasteiger partial charge in [0.1, 0.15) is 0 Å². The molecule has 0 bridgehead atoms. The molecule has 154 valence electrons. The van der Waals surface area contributed by atoms with Crippen molar-refractivity contribution in [2.24, 2.45) is 0 Å². The summed E-state index contributed by atoms with van der Waals surface area (Å²) < 4.78 is 0. The molecular weight excluding hydrogens is 362 g/mol. The third-order valence-electron chi connectivity index (χ3n) is 5.51. The minimum absolute atomic E-state index is 0.0380. The number of benzene rings is 2. The summed E-state index contributed by atoms with van der Waals surface area (Å²) >= 11 is 0. The Kier molecular flexibility index (Phi) is 7.04. The molecule has 1 aliphatic carbocycles. The number of rotatable bonds is 7. The summed E-state index contributed by atoms with van der Waals surface area (Å²) in [5, 5.41) is 5.95. The van der Waals surface area contributed by atoms with E-state index in [0.717, 1.165) is 34.6 Å². The molecule has 29 heavy (non-hydrogen) atoms. The van der Waals surface area contributed by atoms with Gasteiger partial charge in [-0.2, -0.15) is 0 Å². The van der Waals surface area contributed by atoms with Crippen molar-refractivity contribution in [2.75, 3.05) is 25.5 Å². The zero-order valence-electron chi connectivity index (χ0n) is 17.7. The third-order valence-corrected chi connectivity index (χ3v) is 5.51. The van der Waals surface area contributed by atoms with Crippen LogP contribution in [0.2, 0.25) is 0 Å². The molecule has 2 aromatic carbocycles. The van der Waals surface area contributed by atoms with Gasteiger partial charge >= 0.3 is 0 Å². The number of quaternary nitrogens is 1. The van der Waals surface area contributed by atoms with Crippen LogP contribution in [-0.2, 0) is 22.4 Å². The highest BCUT2D eigenvalue weighted by Crippen LogP contribution is 2.24. The fourth-order valence-electron chi connectivity index (χ4n) is 3.85. The van der Waals surface area contributed by atoms with E-state index in [-0.39, 0.29) is 30.9 Å². The second-order valence-corrected chi connectivity index (χ2v) is 8.25. The number of fused-ring (bicyclic) bond motifs is 1. The Morgan fingerprint density at radius 3 is 2.34 bits per heavy atom. The van der Waals surface area contributed by atoms with Crippen LogP contribution in [-0.4, -0.2) is 32.0 Å². The van der Waals surface area contributed by atoms with Crippen LogP contribution < -0.4 is 15.5 Å². The first-order valence-electron chi connectivity index (χ1n) is 10.5. The summed E-state index contributed by atoms with van der Waals surface area (Å²) in [6.07, 6.45) is 4.81. The Labute approximate surface area is 173 Å². The zero-order valence-corrected chi connectivity index (χ0v) is 17.7. The lowest BCUT2D eigenvalue weighted by Gasteiger charge is -2.20. The van der Waals surface area contributed by atoms with Crippen molar-refractivity contribution in [3.8, 4) is 0 Å². The molecule has 0 heterocycles. The first-order valence-corrected chi connectivity index (χ1v) is 10.5. The van der Waals surface area contributed by atoms with Gasteiger partial charge in [0.2, 0.25) is 0 Å². The molecule has 0 saturated carbocycles. The molecule has 0 saturated heterocycles. The Morgan fingerprint density at radius 2 is 1.62 bits per heavy atom. The van der Waals surface area contributed by atoms with Gasteiger partial charge in [-0.05, 0) is 68.4 Å². The molecule has 1 aliphatic rings. The number of amides is 2. The first-order chi connectivity index (χ1) is 13.9. The van der Waals surface area contributed by atoms with Crippen LogP contribution in [0.4, 0.5) is 5.69 Å². The summed E-state index contributed by atoms with van der Waals surface area (Å²) in [6.45, 7) is 4.53. The molecule has 5 nitrogen and oxygen atoms in total. The second-order valence-electron chi connectivity index (χ2n) is 8.25. The van der Waals surface area contributed by atoms with Crippen molar-refractivity contribution in [2.45, 2.75) is 45.6 Å². The van der Waals surface area contributed by atoms with E-state index in [1.807, 2.05) is 45.2 Å². The molecule has 2 atom stereocenters. The van der Waals surface area contributed by atoms with Gasteiger partial charge in [0.05, 0.1) is 13.1 Å². The van der Waals surface area contributed by atoms with Gasteiger partial charge in [-0.3, -0.25) is 9.59 Å². The smallest absolute Gasteiger partial charge is 0.279 e. The van der Waals surface area contributed by atoms with Crippen LogP contribution in [0.15, 0.2) is 42.5 Å². The molecule has 0 aliphatic heterocycles. The number of carbonyl (C=O) groups excluding carboxylic acids is 2. The standard InChI is InChI=1S/C24H31N3O2/c1-17-8-12-22(13-9-17)26-24(29)16-27(3)15-23(28)25-18(2)20-11-10-19-6-4-5-7-21(19)14-20/h8-14,18H,4-7,15-16H2,1-3H3,(H,25,28)(H,26,29)/p+1/t18-/m0/s1. The lowest BCUT2D eigenvalue weighted by Crippen LogP contribution is -3.11. The maximum absolute atomic E-state index is 12.4. The second kappa shape index (κ2) is 9.70. The molecular formula is C24H32N3O2+. The average molecular weight is 395 g/mol. The molecule has 2 amide bonds. The monoisotopic (exact) mass is 394 g/mol. The molecule has 0 radical (unpaired) electrons. The highest BCUT2D eigenvalue weighted by Gasteiger charge is 2.18. The number of carbonyl (C=O) groups is 2. The Morgan fingerprint density at radius 1 is 0.966 bits per heavy atom. The number of aryl methyl sites for hydroxylation is 3. The Bertz CT molecular complexity index is 861. The molecule has 1 unspecified atom stereocenters. The number of likely N-dealkylation sites (N-methyl/N-ethyl adjacent to an activating group) is 1. The fraction of sp³-hybridized carbons (Fsp3) is 0.417. The third kappa shape index (κ3) is 6.16.